The number of halogens is 3. The molecule has 2 fully saturated rings. The Morgan fingerprint density at radius 3 is 2.00 bits per heavy atom. The van der Waals surface area contributed by atoms with Gasteiger partial charge in [0.15, 0.2) is 0 Å². The summed E-state index contributed by atoms with van der Waals surface area (Å²) in [5.41, 5.74) is 5.22. The summed E-state index contributed by atoms with van der Waals surface area (Å²) in [4.78, 5) is 25.2. The quantitative estimate of drug-likeness (QED) is 0.858. The number of hydrogen-bond acceptors (Lipinski definition) is 3. The molecule has 1 saturated carbocycles. The molecule has 1 aromatic rings. The smallest absolute Gasteiger partial charge is 0.330 e. The number of likely N-dealkylation sites (tertiary alicyclic amines) is 1. The molecule has 3 rings (SSSR count). The predicted octanol–water partition coefficient (Wildman–Crippen LogP) is 1.40. The fourth-order valence-electron chi connectivity index (χ4n) is 2.95. The van der Waals surface area contributed by atoms with Gasteiger partial charge in [-0.05, 0) is 30.2 Å². The van der Waals surface area contributed by atoms with Gasteiger partial charge in [-0.25, -0.2) is 0 Å². The third-order valence-corrected chi connectivity index (χ3v) is 4.17. The molecule has 0 radical (unpaired) electrons. The Kier molecular flexibility index (Phi) is 3.05. The van der Waals surface area contributed by atoms with Gasteiger partial charge in [0.1, 0.15) is 0 Å². The normalized spacial score (nSPS) is 28.0. The van der Waals surface area contributed by atoms with Crippen molar-refractivity contribution in [3.05, 3.63) is 35.4 Å². The first-order valence-corrected chi connectivity index (χ1v) is 6.56. The van der Waals surface area contributed by atoms with E-state index in [4.69, 9.17) is 5.73 Å². The van der Waals surface area contributed by atoms with E-state index in [0.717, 1.165) is 17.0 Å². The highest BCUT2D eigenvalue weighted by molar-refractivity contribution is 6.09. The first-order valence-electron chi connectivity index (χ1n) is 6.56. The maximum absolute atomic E-state index is 12.5. The van der Waals surface area contributed by atoms with Gasteiger partial charge in [0.2, 0.25) is 11.8 Å². The van der Waals surface area contributed by atoms with Gasteiger partial charge >= 0.3 is 6.18 Å². The fraction of sp³-hybridized carbons (Fsp3) is 0.429. The molecule has 2 amide bonds. The van der Waals surface area contributed by atoms with Crippen LogP contribution in [0.1, 0.15) is 11.1 Å². The zero-order valence-electron chi connectivity index (χ0n) is 10.9. The molecule has 2 aliphatic rings. The molecule has 1 aromatic carbocycles. The van der Waals surface area contributed by atoms with E-state index in [1.807, 2.05) is 0 Å². The van der Waals surface area contributed by atoms with E-state index in [9.17, 15) is 22.8 Å². The van der Waals surface area contributed by atoms with Gasteiger partial charge < -0.3 is 5.73 Å². The summed E-state index contributed by atoms with van der Waals surface area (Å²) in [6.45, 7) is 0.320. The summed E-state index contributed by atoms with van der Waals surface area (Å²) in [5.74, 6) is -1.23. The minimum atomic E-state index is -4.40. The Morgan fingerprint density at radius 1 is 1.05 bits per heavy atom. The van der Waals surface area contributed by atoms with E-state index in [1.54, 1.807) is 0 Å². The van der Waals surface area contributed by atoms with E-state index < -0.39 is 11.7 Å². The van der Waals surface area contributed by atoms with E-state index in [0.29, 0.717) is 12.1 Å². The van der Waals surface area contributed by atoms with Crippen molar-refractivity contribution in [3.63, 3.8) is 0 Å². The lowest BCUT2D eigenvalue weighted by Gasteiger charge is -2.18. The lowest BCUT2D eigenvalue weighted by Crippen LogP contribution is -2.35. The number of fused-ring (bicyclic) bond motifs is 1. The standard InChI is InChI=1S/C14H13F3N2O2/c15-14(16,17)8-3-1-7(2-4-8)6-19-12(20)10-9(5-18)11(10)13(19)21/h1-4,9-11H,5-6,18H2. The molecule has 1 heterocycles. The number of nitrogens with zero attached hydrogens (tertiary/aromatic N) is 1. The molecule has 0 spiro atoms. The van der Waals surface area contributed by atoms with Crippen LogP contribution in [0.3, 0.4) is 0 Å². The summed E-state index contributed by atoms with van der Waals surface area (Å²) in [7, 11) is 0. The minimum Gasteiger partial charge on any atom is -0.330 e. The van der Waals surface area contributed by atoms with Crippen molar-refractivity contribution in [2.45, 2.75) is 12.7 Å². The summed E-state index contributed by atoms with van der Waals surface area (Å²) >= 11 is 0. The Balaban J connectivity index is 1.71. The summed E-state index contributed by atoms with van der Waals surface area (Å²) in [6.07, 6.45) is -4.40. The highest BCUT2D eigenvalue weighted by Crippen LogP contribution is 2.52. The molecule has 112 valence electrons. The molecule has 1 aliphatic carbocycles. The largest absolute Gasteiger partial charge is 0.416 e. The molecule has 7 heteroatoms. The Bertz CT molecular complexity index is 575. The third kappa shape index (κ3) is 2.21. The van der Waals surface area contributed by atoms with Gasteiger partial charge in [-0.2, -0.15) is 13.2 Å². The van der Waals surface area contributed by atoms with Gasteiger partial charge in [-0.3, -0.25) is 14.5 Å². The number of nitrogens with two attached hydrogens (primary N) is 1. The number of hydrogen-bond donors (Lipinski definition) is 1. The Hall–Kier alpha value is -1.89. The van der Waals surface area contributed by atoms with Crippen molar-refractivity contribution < 1.29 is 22.8 Å². The van der Waals surface area contributed by atoms with Crippen LogP contribution in [0, 0.1) is 17.8 Å². The fourth-order valence-corrected chi connectivity index (χ4v) is 2.95. The van der Waals surface area contributed by atoms with Crippen LogP contribution < -0.4 is 5.73 Å². The molecule has 1 saturated heterocycles. The molecule has 2 atom stereocenters. The number of imide groups is 1. The summed E-state index contributed by atoms with van der Waals surface area (Å²) in [5, 5.41) is 0. The number of benzene rings is 1. The number of piperidine rings is 1. The minimum absolute atomic E-state index is 0.0140. The second-order valence-corrected chi connectivity index (χ2v) is 5.41. The number of carbonyl (C=O) groups excluding carboxylic acids is 2. The van der Waals surface area contributed by atoms with Crippen LogP contribution in [0.4, 0.5) is 13.2 Å². The lowest BCUT2D eigenvalue weighted by atomic mass is 10.1. The van der Waals surface area contributed by atoms with Crippen molar-refractivity contribution in [1.29, 1.82) is 0 Å². The van der Waals surface area contributed by atoms with Crippen molar-refractivity contribution in [2.24, 2.45) is 23.5 Å². The van der Waals surface area contributed by atoms with Crippen LogP contribution in [-0.2, 0) is 22.3 Å². The SMILES string of the molecule is NCC1C2C(=O)N(Cc3ccc(C(F)(F)F)cc3)C(=O)C12. The molecule has 0 aromatic heterocycles. The number of alkyl halides is 3. The maximum Gasteiger partial charge on any atom is 0.416 e. The lowest BCUT2D eigenvalue weighted by molar-refractivity contribution is -0.143. The highest BCUT2D eigenvalue weighted by Gasteiger charge is 2.66. The first kappa shape index (κ1) is 14.1. The summed E-state index contributed by atoms with van der Waals surface area (Å²) in [6, 6.07) is 4.47. The zero-order valence-corrected chi connectivity index (χ0v) is 10.9. The van der Waals surface area contributed by atoms with Crippen molar-refractivity contribution in [3.8, 4) is 0 Å². The van der Waals surface area contributed by atoms with Crippen molar-refractivity contribution in [1.82, 2.24) is 4.90 Å². The Morgan fingerprint density at radius 2 is 1.57 bits per heavy atom. The van der Waals surface area contributed by atoms with Crippen LogP contribution >= 0.6 is 0 Å². The van der Waals surface area contributed by atoms with Crippen LogP contribution in [0.2, 0.25) is 0 Å². The third-order valence-electron chi connectivity index (χ3n) is 4.17. The van der Waals surface area contributed by atoms with Crippen LogP contribution in [0.25, 0.3) is 0 Å². The van der Waals surface area contributed by atoms with Gasteiger partial charge in [0.25, 0.3) is 0 Å². The molecule has 1 aliphatic heterocycles. The maximum atomic E-state index is 12.5. The van der Waals surface area contributed by atoms with Crippen LogP contribution in [-0.4, -0.2) is 23.3 Å². The second-order valence-electron chi connectivity index (χ2n) is 5.41. The zero-order chi connectivity index (χ0) is 15.4. The molecule has 21 heavy (non-hydrogen) atoms. The van der Waals surface area contributed by atoms with E-state index in [-0.39, 0.29) is 36.1 Å². The molecule has 0 bridgehead atoms. The summed E-state index contributed by atoms with van der Waals surface area (Å²) < 4.78 is 37.4. The van der Waals surface area contributed by atoms with E-state index >= 15 is 0 Å². The highest BCUT2D eigenvalue weighted by atomic mass is 19.4. The molecule has 4 nitrogen and oxygen atoms in total. The molecular formula is C14H13F3N2O2. The van der Waals surface area contributed by atoms with Gasteiger partial charge in [0, 0.05) is 0 Å². The Labute approximate surface area is 118 Å². The molecular weight excluding hydrogens is 285 g/mol. The number of carbonyl (C=O) groups is 2. The molecule has 2 unspecified atom stereocenters. The van der Waals surface area contributed by atoms with E-state index in [1.165, 1.54) is 12.1 Å². The van der Waals surface area contributed by atoms with Crippen molar-refractivity contribution in [2.75, 3.05) is 6.54 Å². The topological polar surface area (TPSA) is 63.4 Å². The average Bonchev–Trinajstić information content (AvgIpc) is 3.11. The van der Waals surface area contributed by atoms with Gasteiger partial charge in [-0.1, -0.05) is 12.1 Å². The second kappa shape index (κ2) is 4.56. The number of amides is 2. The average molecular weight is 298 g/mol. The van der Waals surface area contributed by atoms with Crippen LogP contribution in [0.5, 0.6) is 0 Å². The number of rotatable bonds is 3. The van der Waals surface area contributed by atoms with Gasteiger partial charge in [-0.15, -0.1) is 0 Å². The van der Waals surface area contributed by atoms with Gasteiger partial charge in [0.05, 0.1) is 23.9 Å². The first-order chi connectivity index (χ1) is 9.84. The predicted molar refractivity (Wildman–Crippen MR) is 66.5 cm³/mol. The van der Waals surface area contributed by atoms with Crippen LogP contribution in [0.15, 0.2) is 24.3 Å². The molecule has 2 N–H and O–H groups in total. The van der Waals surface area contributed by atoms with Crippen molar-refractivity contribution >= 4 is 11.8 Å². The van der Waals surface area contributed by atoms with E-state index in [2.05, 4.69) is 0 Å². The monoisotopic (exact) mass is 298 g/mol.